The standard InChI is InChI=1S/C15H19BrN2O/c1-11-13(8-17)7-14(19-11)10-18(2)9-12-5-3-4-6-15(12)16/h3-7H,8-10,17H2,1-2H3. The van der Waals surface area contributed by atoms with Crippen LogP contribution in [0, 0.1) is 6.92 Å². The molecule has 0 saturated carbocycles. The Balaban J connectivity index is 2.01. The molecule has 1 heterocycles. The summed E-state index contributed by atoms with van der Waals surface area (Å²) in [6.45, 7) is 4.14. The van der Waals surface area contributed by atoms with Gasteiger partial charge in [-0.2, -0.15) is 0 Å². The number of furan rings is 1. The molecule has 0 aliphatic rings. The Kier molecular flexibility index (Phi) is 4.80. The molecule has 0 atom stereocenters. The van der Waals surface area contributed by atoms with Gasteiger partial charge in [0.1, 0.15) is 11.5 Å². The summed E-state index contributed by atoms with van der Waals surface area (Å²) in [6, 6.07) is 10.3. The minimum absolute atomic E-state index is 0.531. The molecule has 4 heteroatoms. The van der Waals surface area contributed by atoms with Crippen LogP contribution in [0.1, 0.15) is 22.6 Å². The van der Waals surface area contributed by atoms with Gasteiger partial charge in [-0.25, -0.2) is 0 Å². The van der Waals surface area contributed by atoms with Crippen molar-refractivity contribution in [1.29, 1.82) is 0 Å². The molecule has 102 valence electrons. The summed E-state index contributed by atoms with van der Waals surface area (Å²) in [6.07, 6.45) is 0. The summed E-state index contributed by atoms with van der Waals surface area (Å²) < 4.78 is 6.85. The summed E-state index contributed by atoms with van der Waals surface area (Å²) in [4.78, 5) is 2.22. The van der Waals surface area contributed by atoms with Crippen molar-refractivity contribution < 1.29 is 4.42 Å². The molecule has 3 nitrogen and oxygen atoms in total. The molecule has 0 spiro atoms. The van der Waals surface area contributed by atoms with Gasteiger partial charge >= 0.3 is 0 Å². The highest BCUT2D eigenvalue weighted by molar-refractivity contribution is 9.10. The second kappa shape index (κ2) is 6.37. The van der Waals surface area contributed by atoms with E-state index in [-0.39, 0.29) is 0 Å². The first-order chi connectivity index (χ1) is 9.10. The third-order valence-corrected chi connectivity index (χ3v) is 3.89. The highest BCUT2D eigenvalue weighted by Crippen LogP contribution is 2.19. The molecule has 0 aliphatic carbocycles. The van der Waals surface area contributed by atoms with Crippen molar-refractivity contribution in [2.45, 2.75) is 26.6 Å². The van der Waals surface area contributed by atoms with E-state index in [4.69, 9.17) is 10.2 Å². The van der Waals surface area contributed by atoms with E-state index in [1.165, 1.54) is 5.56 Å². The van der Waals surface area contributed by atoms with Crippen LogP contribution >= 0.6 is 15.9 Å². The Morgan fingerprint density at radius 2 is 1.95 bits per heavy atom. The Hall–Kier alpha value is -1.10. The molecule has 2 aromatic rings. The van der Waals surface area contributed by atoms with Gasteiger partial charge in [0.15, 0.2) is 0 Å². The summed E-state index contributed by atoms with van der Waals surface area (Å²) in [5.41, 5.74) is 8.02. The lowest BCUT2D eigenvalue weighted by Gasteiger charge is -2.16. The van der Waals surface area contributed by atoms with Gasteiger partial charge in [-0.15, -0.1) is 0 Å². The van der Waals surface area contributed by atoms with E-state index in [1.54, 1.807) is 0 Å². The Bertz CT molecular complexity index is 551. The van der Waals surface area contributed by atoms with Gasteiger partial charge in [0.2, 0.25) is 0 Å². The van der Waals surface area contributed by atoms with Gasteiger partial charge in [0.05, 0.1) is 6.54 Å². The van der Waals surface area contributed by atoms with Crippen LogP contribution in [0.25, 0.3) is 0 Å². The number of aryl methyl sites for hydroxylation is 1. The molecule has 19 heavy (non-hydrogen) atoms. The Labute approximate surface area is 122 Å². The quantitative estimate of drug-likeness (QED) is 0.916. The topological polar surface area (TPSA) is 42.4 Å². The third-order valence-electron chi connectivity index (χ3n) is 3.12. The van der Waals surface area contributed by atoms with Crippen LogP contribution in [0.4, 0.5) is 0 Å². The van der Waals surface area contributed by atoms with Gasteiger partial charge in [0, 0.05) is 23.1 Å². The van der Waals surface area contributed by atoms with Crippen LogP contribution in [0.5, 0.6) is 0 Å². The van der Waals surface area contributed by atoms with E-state index in [1.807, 2.05) is 19.1 Å². The SMILES string of the molecule is Cc1oc(CN(C)Cc2ccccc2Br)cc1CN. The second-order valence-electron chi connectivity index (χ2n) is 4.76. The Morgan fingerprint density at radius 3 is 2.58 bits per heavy atom. The summed E-state index contributed by atoms with van der Waals surface area (Å²) in [7, 11) is 2.08. The first kappa shape index (κ1) is 14.3. The number of rotatable bonds is 5. The molecule has 0 saturated heterocycles. The molecular formula is C15H19BrN2O. The van der Waals surface area contributed by atoms with Gasteiger partial charge in [0.25, 0.3) is 0 Å². The van der Waals surface area contributed by atoms with Crippen LogP contribution < -0.4 is 5.73 Å². The lowest BCUT2D eigenvalue weighted by atomic mass is 10.2. The fraction of sp³-hybridized carbons (Fsp3) is 0.333. The van der Waals surface area contributed by atoms with E-state index >= 15 is 0 Å². The zero-order chi connectivity index (χ0) is 13.8. The summed E-state index contributed by atoms with van der Waals surface area (Å²) >= 11 is 3.57. The molecule has 0 radical (unpaired) electrons. The molecule has 0 fully saturated rings. The number of hydrogen-bond acceptors (Lipinski definition) is 3. The number of benzene rings is 1. The molecule has 2 rings (SSSR count). The normalized spacial score (nSPS) is 11.2. The average molecular weight is 323 g/mol. The summed E-state index contributed by atoms with van der Waals surface area (Å²) in [5.74, 6) is 1.89. The van der Waals surface area contributed by atoms with Crippen molar-refractivity contribution >= 4 is 15.9 Å². The molecule has 1 aromatic heterocycles. The predicted octanol–water partition coefficient (Wildman–Crippen LogP) is 3.44. The molecule has 0 amide bonds. The number of hydrogen-bond donors (Lipinski definition) is 1. The number of nitrogens with zero attached hydrogens (tertiary/aromatic N) is 1. The smallest absolute Gasteiger partial charge is 0.118 e. The maximum absolute atomic E-state index is 5.71. The first-order valence-corrected chi connectivity index (χ1v) is 7.09. The van der Waals surface area contributed by atoms with Gasteiger partial charge in [-0.05, 0) is 31.7 Å². The highest BCUT2D eigenvalue weighted by atomic mass is 79.9. The van der Waals surface area contributed by atoms with Crippen molar-refractivity contribution in [2.24, 2.45) is 5.73 Å². The Morgan fingerprint density at radius 1 is 1.21 bits per heavy atom. The minimum Gasteiger partial charge on any atom is -0.465 e. The molecule has 0 bridgehead atoms. The van der Waals surface area contributed by atoms with Crippen LogP contribution in [0.15, 0.2) is 39.2 Å². The van der Waals surface area contributed by atoms with Crippen molar-refractivity contribution in [3.05, 3.63) is 57.5 Å². The maximum atomic E-state index is 5.71. The van der Waals surface area contributed by atoms with Crippen molar-refractivity contribution in [1.82, 2.24) is 4.90 Å². The molecule has 0 unspecified atom stereocenters. The average Bonchev–Trinajstić information content (AvgIpc) is 2.72. The van der Waals surface area contributed by atoms with E-state index in [0.29, 0.717) is 6.54 Å². The maximum Gasteiger partial charge on any atom is 0.118 e. The van der Waals surface area contributed by atoms with Crippen molar-refractivity contribution in [3.8, 4) is 0 Å². The monoisotopic (exact) mass is 322 g/mol. The lowest BCUT2D eigenvalue weighted by molar-refractivity contribution is 0.284. The zero-order valence-electron chi connectivity index (χ0n) is 11.3. The molecule has 2 N–H and O–H groups in total. The molecule has 1 aromatic carbocycles. The van der Waals surface area contributed by atoms with Gasteiger partial charge in [-0.3, -0.25) is 4.90 Å². The second-order valence-corrected chi connectivity index (χ2v) is 5.62. The van der Waals surface area contributed by atoms with Crippen LogP contribution in [0.2, 0.25) is 0 Å². The van der Waals surface area contributed by atoms with Crippen LogP contribution in [0.3, 0.4) is 0 Å². The van der Waals surface area contributed by atoms with Crippen LogP contribution in [-0.4, -0.2) is 11.9 Å². The predicted molar refractivity (Wildman–Crippen MR) is 80.6 cm³/mol. The molecule has 0 aliphatic heterocycles. The zero-order valence-corrected chi connectivity index (χ0v) is 12.9. The number of nitrogens with two attached hydrogens (primary N) is 1. The highest BCUT2D eigenvalue weighted by Gasteiger charge is 2.09. The minimum atomic E-state index is 0.531. The fourth-order valence-electron chi connectivity index (χ4n) is 2.11. The lowest BCUT2D eigenvalue weighted by Crippen LogP contribution is -2.17. The van der Waals surface area contributed by atoms with Crippen molar-refractivity contribution in [2.75, 3.05) is 7.05 Å². The van der Waals surface area contributed by atoms with E-state index in [0.717, 1.165) is 34.6 Å². The third kappa shape index (κ3) is 3.69. The van der Waals surface area contributed by atoms with Gasteiger partial charge in [-0.1, -0.05) is 34.1 Å². The van der Waals surface area contributed by atoms with E-state index in [2.05, 4.69) is 46.1 Å². The first-order valence-electron chi connectivity index (χ1n) is 6.30. The van der Waals surface area contributed by atoms with Gasteiger partial charge < -0.3 is 10.2 Å². The van der Waals surface area contributed by atoms with E-state index in [9.17, 15) is 0 Å². The largest absolute Gasteiger partial charge is 0.465 e. The number of halogens is 1. The fourth-order valence-corrected chi connectivity index (χ4v) is 2.52. The molecular weight excluding hydrogens is 304 g/mol. The summed E-state index contributed by atoms with van der Waals surface area (Å²) in [5, 5.41) is 0. The van der Waals surface area contributed by atoms with Crippen LogP contribution in [-0.2, 0) is 19.6 Å². The van der Waals surface area contributed by atoms with E-state index < -0.39 is 0 Å². The van der Waals surface area contributed by atoms with Crippen molar-refractivity contribution in [3.63, 3.8) is 0 Å².